The fraction of sp³-hybridized carbons (Fsp3) is 0.333. The molecule has 0 aliphatic heterocycles. The molecular weight excluding hydrogens is 276 g/mol. The Morgan fingerprint density at radius 1 is 1.45 bits per heavy atom. The van der Waals surface area contributed by atoms with Crippen molar-refractivity contribution in [2.24, 2.45) is 0 Å². The van der Waals surface area contributed by atoms with Crippen LogP contribution >= 0.6 is 0 Å². The predicted octanol–water partition coefficient (Wildman–Crippen LogP) is -1.16. The lowest BCUT2D eigenvalue weighted by Crippen LogP contribution is -2.43. The van der Waals surface area contributed by atoms with Crippen molar-refractivity contribution in [1.29, 1.82) is 0 Å². The van der Waals surface area contributed by atoms with Crippen molar-refractivity contribution in [3.05, 3.63) is 22.5 Å². The summed E-state index contributed by atoms with van der Waals surface area (Å²) in [5.41, 5.74) is -0.321. The Balaban J connectivity index is 2.62. The van der Waals surface area contributed by atoms with Crippen LogP contribution in [0.1, 0.15) is 6.42 Å². The smallest absolute Gasteiger partial charge is 0.326 e. The number of nitrogens with one attached hydrogen (secondary N) is 1. The maximum absolute atomic E-state index is 11.5. The average molecular weight is 286 g/mol. The van der Waals surface area contributed by atoms with Crippen molar-refractivity contribution in [1.82, 2.24) is 15.1 Å². The second-order valence-corrected chi connectivity index (χ2v) is 3.71. The Morgan fingerprint density at radius 2 is 2.10 bits per heavy atom. The van der Waals surface area contributed by atoms with Crippen molar-refractivity contribution in [3.63, 3.8) is 0 Å². The Hall–Kier alpha value is -2.98. The number of carboxylic acids is 2. The molecule has 0 aliphatic rings. The molecule has 1 rings (SSSR count). The summed E-state index contributed by atoms with van der Waals surface area (Å²) in [5.74, 6) is -3.70. The first-order valence-electron chi connectivity index (χ1n) is 5.20. The third-order valence-electron chi connectivity index (χ3n) is 2.15. The molecule has 11 heteroatoms. The van der Waals surface area contributed by atoms with Crippen LogP contribution in [0.5, 0.6) is 0 Å². The van der Waals surface area contributed by atoms with Gasteiger partial charge in [0.15, 0.2) is 0 Å². The average Bonchev–Trinajstić information content (AvgIpc) is 2.75. The van der Waals surface area contributed by atoms with E-state index in [-0.39, 0.29) is 5.69 Å². The van der Waals surface area contributed by atoms with Gasteiger partial charge in [-0.3, -0.25) is 24.4 Å². The number of aliphatic carboxylic acids is 2. The first-order chi connectivity index (χ1) is 9.29. The van der Waals surface area contributed by atoms with Gasteiger partial charge in [0.25, 0.3) is 0 Å². The van der Waals surface area contributed by atoms with Crippen LogP contribution in [0, 0.1) is 10.1 Å². The highest BCUT2D eigenvalue weighted by Gasteiger charge is 2.23. The van der Waals surface area contributed by atoms with Gasteiger partial charge >= 0.3 is 17.6 Å². The molecule has 1 amide bonds. The maximum Gasteiger partial charge on any atom is 0.326 e. The molecule has 0 spiro atoms. The van der Waals surface area contributed by atoms with Crippen molar-refractivity contribution in [2.75, 3.05) is 0 Å². The van der Waals surface area contributed by atoms with E-state index >= 15 is 0 Å². The van der Waals surface area contributed by atoms with E-state index in [1.54, 1.807) is 0 Å². The van der Waals surface area contributed by atoms with Crippen LogP contribution in [0.15, 0.2) is 12.4 Å². The minimum atomic E-state index is -1.58. The Kier molecular flexibility index (Phi) is 4.72. The van der Waals surface area contributed by atoms with E-state index in [1.807, 2.05) is 5.32 Å². The van der Waals surface area contributed by atoms with E-state index in [9.17, 15) is 24.5 Å². The third-order valence-corrected chi connectivity index (χ3v) is 2.15. The van der Waals surface area contributed by atoms with Crippen molar-refractivity contribution < 1.29 is 29.5 Å². The number of hydrogen-bond donors (Lipinski definition) is 3. The van der Waals surface area contributed by atoms with Crippen LogP contribution in [-0.2, 0) is 20.9 Å². The minimum absolute atomic E-state index is 0.321. The number of carboxylic acid groups (broad SMARTS) is 2. The van der Waals surface area contributed by atoms with Gasteiger partial charge in [-0.25, -0.2) is 4.79 Å². The first-order valence-corrected chi connectivity index (χ1v) is 5.20. The fourth-order valence-corrected chi connectivity index (χ4v) is 1.30. The summed E-state index contributed by atoms with van der Waals surface area (Å²) < 4.78 is 0.938. The molecule has 1 aromatic heterocycles. The largest absolute Gasteiger partial charge is 0.481 e. The normalized spacial score (nSPS) is 11.6. The summed E-state index contributed by atoms with van der Waals surface area (Å²) in [4.78, 5) is 42.3. The zero-order valence-corrected chi connectivity index (χ0v) is 9.92. The molecule has 11 nitrogen and oxygen atoms in total. The highest BCUT2D eigenvalue weighted by atomic mass is 16.6. The van der Waals surface area contributed by atoms with Crippen molar-refractivity contribution in [3.8, 4) is 0 Å². The van der Waals surface area contributed by atoms with Gasteiger partial charge in [-0.05, 0) is 0 Å². The van der Waals surface area contributed by atoms with Gasteiger partial charge in [0, 0.05) is 0 Å². The molecule has 0 saturated carbocycles. The second kappa shape index (κ2) is 6.26. The highest BCUT2D eigenvalue weighted by molar-refractivity contribution is 5.86. The standard InChI is InChI=1S/C9H10N4O7/c14-7(11-6(9(17)18)1-8(15)16)4-12-3-5(2-10-12)13(19)20/h2-3,6H,1,4H2,(H,11,14)(H,15,16)(H,17,18)/t6-/m0/s1. The number of nitro groups is 1. The van der Waals surface area contributed by atoms with Crippen LogP contribution in [0.3, 0.4) is 0 Å². The quantitative estimate of drug-likeness (QED) is 0.416. The van der Waals surface area contributed by atoms with Gasteiger partial charge in [-0.15, -0.1) is 0 Å². The molecule has 1 heterocycles. The molecule has 1 aromatic rings. The van der Waals surface area contributed by atoms with Crippen molar-refractivity contribution >= 4 is 23.5 Å². The van der Waals surface area contributed by atoms with Crippen LogP contribution in [0.2, 0.25) is 0 Å². The van der Waals surface area contributed by atoms with Gasteiger partial charge < -0.3 is 15.5 Å². The molecule has 3 N–H and O–H groups in total. The second-order valence-electron chi connectivity index (χ2n) is 3.71. The number of nitrogens with zero attached hydrogens (tertiary/aromatic N) is 3. The summed E-state index contributed by atoms with van der Waals surface area (Å²) in [6.07, 6.45) is 1.14. The summed E-state index contributed by atoms with van der Waals surface area (Å²) >= 11 is 0. The van der Waals surface area contributed by atoms with E-state index in [2.05, 4.69) is 5.10 Å². The number of carbonyl (C=O) groups excluding carboxylic acids is 1. The molecule has 0 unspecified atom stereocenters. The molecule has 0 bridgehead atoms. The topological polar surface area (TPSA) is 165 Å². The summed E-state index contributed by atoms with van der Waals surface area (Å²) in [6, 6.07) is -1.58. The van der Waals surface area contributed by atoms with Crippen LogP contribution in [0.25, 0.3) is 0 Å². The molecule has 108 valence electrons. The van der Waals surface area contributed by atoms with Gasteiger partial charge in [-0.1, -0.05) is 0 Å². The maximum atomic E-state index is 11.5. The van der Waals surface area contributed by atoms with Crippen LogP contribution in [0.4, 0.5) is 5.69 Å². The van der Waals surface area contributed by atoms with Crippen molar-refractivity contribution in [2.45, 2.75) is 19.0 Å². The molecule has 0 aliphatic carbocycles. The van der Waals surface area contributed by atoms with E-state index in [4.69, 9.17) is 10.2 Å². The minimum Gasteiger partial charge on any atom is -0.481 e. The zero-order chi connectivity index (χ0) is 15.3. The van der Waals surface area contributed by atoms with E-state index in [0.29, 0.717) is 0 Å². The van der Waals surface area contributed by atoms with Gasteiger partial charge in [0.2, 0.25) is 5.91 Å². The number of hydrogen-bond acceptors (Lipinski definition) is 6. The Labute approximate surface area is 111 Å². The first kappa shape index (κ1) is 15.1. The Bertz CT molecular complexity index is 552. The summed E-state index contributed by atoms with van der Waals surface area (Å²) in [6.45, 7) is -0.461. The molecule has 1 atom stereocenters. The zero-order valence-electron chi connectivity index (χ0n) is 9.92. The van der Waals surface area contributed by atoms with Crippen LogP contribution in [-0.4, -0.2) is 48.8 Å². The van der Waals surface area contributed by atoms with E-state index in [1.165, 1.54) is 0 Å². The SMILES string of the molecule is O=C(O)C[C@H](NC(=O)Cn1cc([N+](=O)[O-])cn1)C(=O)O. The lowest BCUT2D eigenvalue weighted by molar-refractivity contribution is -0.385. The molecule has 20 heavy (non-hydrogen) atoms. The van der Waals surface area contributed by atoms with E-state index in [0.717, 1.165) is 17.1 Å². The molecule has 0 radical (unpaired) electrons. The summed E-state index contributed by atoms with van der Waals surface area (Å²) in [7, 11) is 0. The number of carbonyl (C=O) groups is 3. The monoisotopic (exact) mass is 286 g/mol. The van der Waals surface area contributed by atoms with Gasteiger partial charge in [0.05, 0.1) is 11.3 Å². The predicted molar refractivity (Wildman–Crippen MR) is 60.7 cm³/mol. The highest BCUT2D eigenvalue weighted by Crippen LogP contribution is 2.07. The third kappa shape index (κ3) is 4.36. The molecule has 0 aromatic carbocycles. The lowest BCUT2D eigenvalue weighted by atomic mass is 10.2. The number of aromatic nitrogens is 2. The van der Waals surface area contributed by atoms with Gasteiger partial charge in [-0.2, -0.15) is 5.10 Å². The lowest BCUT2D eigenvalue weighted by Gasteiger charge is -2.12. The fourth-order valence-electron chi connectivity index (χ4n) is 1.30. The molecule has 0 fully saturated rings. The number of amides is 1. The van der Waals surface area contributed by atoms with E-state index < -0.39 is 41.8 Å². The molecule has 0 saturated heterocycles. The van der Waals surface area contributed by atoms with Gasteiger partial charge in [0.1, 0.15) is 25.0 Å². The molecular formula is C9H10N4O7. The summed E-state index contributed by atoms with van der Waals surface area (Å²) in [5, 5.41) is 33.1. The Morgan fingerprint density at radius 3 is 2.55 bits per heavy atom. The van der Waals surface area contributed by atoms with Crippen LogP contribution < -0.4 is 5.32 Å². The number of rotatable bonds is 7.